The van der Waals surface area contributed by atoms with E-state index in [1.54, 1.807) is 0 Å². The third kappa shape index (κ3) is 1.40. The molecule has 0 aromatic heterocycles. The SMILES string of the molecule is CCCC1CCC2CN1c1ccc(O)cc12. The summed E-state index contributed by atoms with van der Waals surface area (Å²) in [6.07, 6.45) is 5.16. The Morgan fingerprint density at radius 1 is 1.38 bits per heavy atom. The van der Waals surface area contributed by atoms with Gasteiger partial charge in [0.2, 0.25) is 0 Å². The third-order valence-corrected chi connectivity index (χ3v) is 4.09. The van der Waals surface area contributed by atoms with Gasteiger partial charge in [0.1, 0.15) is 5.75 Å². The van der Waals surface area contributed by atoms with Crippen LogP contribution >= 0.6 is 0 Å². The second-order valence-electron chi connectivity index (χ2n) is 5.11. The molecule has 2 aliphatic heterocycles. The van der Waals surface area contributed by atoms with Gasteiger partial charge in [-0.3, -0.25) is 0 Å². The van der Waals surface area contributed by atoms with Gasteiger partial charge in [-0.15, -0.1) is 0 Å². The number of fused-ring (bicyclic) bond motifs is 5. The molecule has 2 aliphatic rings. The molecule has 0 aliphatic carbocycles. The summed E-state index contributed by atoms with van der Waals surface area (Å²) in [6, 6.07) is 6.61. The van der Waals surface area contributed by atoms with Crippen molar-refractivity contribution in [2.24, 2.45) is 0 Å². The van der Waals surface area contributed by atoms with Crippen molar-refractivity contribution in [1.82, 2.24) is 0 Å². The Bertz CT molecular complexity index is 402. The lowest BCUT2D eigenvalue weighted by molar-refractivity contribution is 0.424. The van der Waals surface area contributed by atoms with E-state index < -0.39 is 0 Å². The van der Waals surface area contributed by atoms with Gasteiger partial charge in [0.05, 0.1) is 0 Å². The summed E-state index contributed by atoms with van der Waals surface area (Å²) in [4.78, 5) is 2.56. The lowest BCUT2D eigenvalue weighted by atomic mass is 9.91. The van der Waals surface area contributed by atoms with Crippen molar-refractivity contribution in [1.29, 1.82) is 0 Å². The van der Waals surface area contributed by atoms with Crippen LogP contribution < -0.4 is 4.90 Å². The maximum Gasteiger partial charge on any atom is 0.116 e. The van der Waals surface area contributed by atoms with E-state index in [4.69, 9.17) is 0 Å². The molecular weight excluding hydrogens is 198 g/mol. The van der Waals surface area contributed by atoms with Crippen molar-refractivity contribution in [3.8, 4) is 5.75 Å². The first-order chi connectivity index (χ1) is 7.79. The number of benzene rings is 1. The minimum Gasteiger partial charge on any atom is -0.508 e. The molecule has 2 atom stereocenters. The second kappa shape index (κ2) is 3.69. The molecule has 86 valence electrons. The number of aromatic hydroxyl groups is 1. The molecule has 1 fully saturated rings. The lowest BCUT2D eigenvalue weighted by Gasteiger charge is -2.34. The summed E-state index contributed by atoms with van der Waals surface area (Å²) in [6.45, 7) is 3.43. The second-order valence-corrected chi connectivity index (χ2v) is 5.11. The fraction of sp³-hybridized carbons (Fsp3) is 0.571. The number of phenols is 1. The zero-order valence-electron chi connectivity index (χ0n) is 9.82. The molecule has 3 rings (SSSR count). The zero-order valence-corrected chi connectivity index (χ0v) is 9.82. The molecule has 0 saturated carbocycles. The van der Waals surface area contributed by atoms with Gasteiger partial charge in [-0.2, -0.15) is 0 Å². The van der Waals surface area contributed by atoms with E-state index in [-0.39, 0.29) is 0 Å². The van der Waals surface area contributed by atoms with Crippen LogP contribution in [0.1, 0.15) is 44.1 Å². The molecule has 2 heteroatoms. The van der Waals surface area contributed by atoms with Crippen LogP contribution in [0.25, 0.3) is 0 Å². The monoisotopic (exact) mass is 217 g/mol. The Morgan fingerprint density at radius 2 is 2.25 bits per heavy atom. The molecule has 2 bridgehead atoms. The van der Waals surface area contributed by atoms with E-state index in [1.165, 1.54) is 43.5 Å². The molecule has 0 amide bonds. The predicted octanol–water partition coefficient (Wildman–Crippen LogP) is 3.26. The summed E-state index contributed by atoms with van der Waals surface area (Å²) < 4.78 is 0. The molecule has 2 nitrogen and oxygen atoms in total. The number of rotatable bonds is 2. The third-order valence-electron chi connectivity index (χ3n) is 4.09. The summed E-state index contributed by atoms with van der Waals surface area (Å²) in [5, 5.41) is 9.57. The van der Waals surface area contributed by atoms with Crippen LogP contribution in [0.5, 0.6) is 5.75 Å². The molecule has 1 N–H and O–H groups in total. The van der Waals surface area contributed by atoms with E-state index in [0.29, 0.717) is 11.7 Å². The standard InChI is InChI=1S/C14H19NO/c1-2-3-11-5-4-10-9-15(11)14-7-6-12(16)8-13(10)14/h6-8,10-11,16H,2-5,9H2,1H3. The van der Waals surface area contributed by atoms with Gasteiger partial charge in [-0.05, 0) is 43.0 Å². The molecule has 1 aromatic rings. The number of piperidine rings is 1. The highest BCUT2D eigenvalue weighted by molar-refractivity contribution is 5.63. The van der Waals surface area contributed by atoms with Crippen molar-refractivity contribution in [2.45, 2.75) is 44.6 Å². The predicted molar refractivity (Wildman–Crippen MR) is 66.1 cm³/mol. The molecule has 1 aromatic carbocycles. The largest absolute Gasteiger partial charge is 0.508 e. The molecule has 0 spiro atoms. The molecule has 0 radical (unpaired) electrons. The van der Waals surface area contributed by atoms with Crippen molar-refractivity contribution < 1.29 is 5.11 Å². The maximum atomic E-state index is 9.57. The van der Waals surface area contributed by atoms with Crippen LogP contribution in [0.3, 0.4) is 0 Å². The van der Waals surface area contributed by atoms with Crippen LogP contribution in [0.4, 0.5) is 5.69 Å². The summed E-state index contributed by atoms with van der Waals surface area (Å²) in [5.41, 5.74) is 2.75. The quantitative estimate of drug-likeness (QED) is 0.822. The average Bonchev–Trinajstić information content (AvgIpc) is 2.57. The van der Waals surface area contributed by atoms with Gasteiger partial charge in [0.25, 0.3) is 0 Å². The summed E-state index contributed by atoms with van der Waals surface area (Å²) in [5.74, 6) is 1.08. The van der Waals surface area contributed by atoms with Crippen LogP contribution in [-0.2, 0) is 0 Å². The number of nitrogens with zero attached hydrogens (tertiary/aromatic N) is 1. The van der Waals surface area contributed by atoms with Gasteiger partial charge in [-0.25, -0.2) is 0 Å². The Morgan fingerprint density at radius 3 is 3.06 bits per heavy atom. The Labute approximate surface area is 96.9 Å². The van der Waals surface area contributed by atoms with Crippen LogP contribution in [0.15, 0.2) is 18.2 Å². The average molecular weight is 217 g/mol. The van der Waals surface area contributed by atoms with Gasteiger partial charge in [-0.1, -0.05) is 13.3 Å². The van der Waals surface area contributed by atoms with E-state index in [2.05, 4.69) is 17.9 Å². The van der Waals surface area contributed by atoms with Crippen LogP contribution in [-0.4, -0.2) is 17.7 Å². The van der Waals surface area contributed by atoms with Gasteiger partial charge in [0.15, 0.2) is 0 Å². The smallest absolute Gasteiger partial charge is 0.116 e. The molecule has 2 heterocycles. The Kier molecular flexibility index (Phi) is 2.31. The maximum absolute atomic E-state index is 9.57. The van der Waals surface area contributed by atoms with Crippen molar-refractivity contribution in [2.75, 3.05) is 11.4 Å². The normalized spacial score (nSPS) is 26.9. The molecule has 1 saturated heterocycles. The van der Waals surface area contributed by atoms with E-state index in [1.807, 2.05) is 12.1 Å². The zero-order chi connectivity index (χ0) is 11.1. The first kappa shape index (κ1) is 10.0. The highest BCUT2D eigenvalue weighted by atomic mass is 16.3. The van der Waals surface area contributed by atoms with Gasteiger partial charge in [0, 0.05) is 24.2 Å². The number of anilines is 1. The lowest BCUT2D eigenvalue weighted by Crippen LogP contribution is -2.37. The highest BCUT2D eigenvalue weighted by Gasteiger charge is 2.36. The Hall–Kier alpha value is -1.18. The highest BCUT2D eigenvalue weighted by Crippen LogP contribution is 2.46. The first-order valence-corrected chi connectivity index (χ1v) is 6.39. The number of hydrogen-bond acceptors (Lipinski definition) is 2. The van der Waals surface area contributed by atoms with Crippen molar-refractivity contribution in [3.05, 3.63) is 23.8 Å². The summed E-state index contributed by atoms with van der Waals surface area (Å²) >= 11 is 0. The molecular formula is C14H19NO. The number of hydrogen-bond donors (Lipinski definition) is 1. The topological polar surface area (TPSA) is 23.5 Å². The van der Waals surface area contributed by atoms with Gasteiger partial charge >= 0.3 is 0 Å². The Balaban J connectivity index is 1.97. The molecule has 16 heavy (non-hydrogen) atoms. The van der Waals surface area contributed by atoms with Gasteiger partial charge < -0.3 is 10.0 Å². The number of phenolic OH excluding ortho intramolecular Hbond substituents is 1. The van der Waals surface area contributed by atoms with Crippen molar-refractivity contribution in [3.63, 3.8) is 0 Å². The minimum atomic E-state index is 0.416. The minimum absolute atomic E-state index is 0.416. The van der Waals surface area contributed by atoms with E-state index in [0.717, 1.165) is 6.04 Å². The van der Waals surface area contributed by atoms with E-state index >= 15 is 0 Å². The van der Waals surface area contributed by atoms with E-state index in [9.17, 15) is 5.11 Å². The molecule has 2 unspecified atom stereocenters. The fourth-order valence-electron chi connectivity index (χ4n) is 3.34. The first-order valence-electron chi connectivity index (χ1n) is 6.39. The van der Waals surface area contributed by atoms with Crippen molar-refractivity contribution >= 4 is 5.69 Å². The van der Waals surface area contributed by atoms with Crippen LogP contribution in [0.2, 0.25) is 0 Å². The summed E-state index contributed by atoms with van der Waals surface area (Å²) in [7, 11) is 0. The fourth-order valence-corrected chi connectivity index (χ4v) is 3.34. The van der Waals surface area contributed by atoms with Crippen LogP contribution in [0, 0.1) is 0 Å².